The highest BCUT2D eigenvalue weighted by Crippen LogP contribution is 2.33. The number of benzene rings is 2. The van der Waals surface area contributed by atoms with Gasteiger partial charge in [-0.1, -0.05) is 18.2 Å². The molecule has 0 saturated carbocycles. The zero-order valence-corrected chi connectivity index (χ0v) is 13.6. The average molecular weight is 347 g/mol. The molecular weight excluding hydrogens is 337 g/mol. The highest BCUT2D eigenvalue weighted by atomic mass is 32.1. The second kappa shape index (κ2) is 5.19. The Morgan fingerprint density at radius 2 is 1.92 bits per heavy atom. The van der Waals surface area contributed by atoms with Crippen LogP contribution in [0.4, 0.5) is 4.39 Å². The van der Waals surface area contributed by atoms with Crippen molar-refractivity contribution in [3.05, 3.63) is 77.0 Å². The van der Waals surface area contributed by atoms with Gasteiger partial charge in [-0.3, -0.25) is 4.79 Å². The maximum atomic E-state index is 13.7. The van der Waals surface area contributed by atoms with Gasteiger partial charge in [0.25, 0.3) is 0 Å². The van der Waals surface area contributed by atoms with Crippen LogP contribution in [-0.4, -0.2) is 14.8 Å². The number of aromatic nitrogens is 3. The van der Waals surface area contributed by atoms with E-state index in [9.17, 15) is 9.18 Å². The zero-order chi connectivity index (χ0) is 17.0. The Morgan fingerprint density at radius 1 is 1.04 bits per heavy atom. The average Bonchev–Trinajstić information content (AvgIpc) is 3.16. The molecule has 0 atom stereocenters. The first-order valence-corrected chi connectivity index (χ1v) is 8.49. The molecule has 5 rings (SSSR count). The summed E-state index contributed by atoms with van der Waals surface area (Å²) in [5, 5.41) is 5.97. The predicted octanol–water partition coefficient (Wildman–Crippen LogP) is 4.29. The monoisotopic (exact) mass is 347 g/mol. The fourth-order valence-electron chi connectivity index (χ4n) is 3.07. The lowest BCUT2D eigenvalue weighted by molar-refractivity contribution is 0.630. The molecule has 2 aromatic carbocycles. The van der Waals surface area contributed by atoms with Crippen molar-refractivity contribution in [2.45, 2.75) is 0 Å². The lowest BCUT2D eigenvalue weighted by atomic mass is 10.1. The van der Waals surface area contributed by atoms with E-state index in [1.165, 1.54) is 23.5 Å². The molecule has 0 amide bonds. The molecule has 6 heteroatoms. The summed E-state index contributed by atoms with van der Waals surface area (Å²) in [6, 6.07) is 13.6. The van der Waals surface area contributed by atoms with Gasteiger partial charge in [-0.2, -0.15) is 5.10 Å². The Kier molecular flexibility index (Phi) is 2.96. The minimum Gasteiger partial charge on any atom is -0.288 e. The molecule has 25 heavy (non-hydrogen) atoms. The molecule has 120 valence electrons. The van der Waals surface area contributed by atoms with Gasteiger partial charge in [0.1, 0.15) is 5.82 Å². The second-order valence-corrected chi connectivity index (χ2v) is 6.73. The number of hydrogen-bond acceptors (Lipinski definition) is 4. The van der Waals surface area contributed by atoms with Crippen LogP contribution in [0.25, 0.3) is 36.9 Å². The molecule has 0 saturated heterocycles. The Balaban J connectivity index is 2.09. The van der Waals surface area contributed by atoms with Gasteiger partial charge >= 0.3 is 0 Å². The van der Waals surface area contributed by atoms with Crippen LogP contribution in [0.3, 0.4) is 0 Å². The van der Waals surface area contributed by atoms with Crippen molar-refractivity contribution in [3.63, 3.8) is 0 Å². The maximum Gasteiger partial charge on any atom is 0.196 e. The van der Waals surface area contributed by atoms with Gasteiger partial charge < -0.3 is 0 Å². The number of nitrogens with zero attached hydrogens (tertiary/aromatic N) is 3. The molecule has 4 nitrogen and oxygen atoms in total. The third-order valence-electron chi connectivity index (χ3n) is 4.18. The molecule has 3 aromatic heterocycles. The van der Waals surface area contributed by atoms with Crippen molar-refractivity contribution in [1.82, 2.24) is 14.8 Å². The topological polar surface area (TPSA) is 47.8 Å². The maximum absolute atomic E-state index is 13.7. The van der Waals surface area contributed by atoms with E-state index < -0.39 is 5.82 Å². The summed E-state index contributed by atoms with van der Waals surface area (Å²) in [5.74, 6) is 0.189. The first-order valence-electron chi connectivity index (χ1n) is 7.67. The van der Waals surface area contributed by atoms with Crippen LogP contribution < -0.4 is 5.43 Å². The highest BCUT2D eigenvalue weighted by molar-refractivity contribution is 7.25. The van der Waals surface area contributed by atoms with Crippen molar-refractivity contribution >= 4 is 42.4 Å². The van der Waals surface area contributed by atoms with E-state index >= 15 is 0 Å². The largest absolute Gasteiger partial charge is 0.288 e. The number of fused-ring (bicyclic) bond motifs is 4. The normalized spacial score (nSPS) is 11.6. The quantitative estimate of drug-likeness (QED) is 0.336. The summed E-state index contributed by atoms with van der Waals surface area (Å²) in [4.78, 5) is 17.9. The molecular formula is C19H10FN3OS. The zero-order valence-electron chi connectivity index (χ0n) is 12.8. The molecule has 0 bridgehead atoms. The molecule has 0 spiro atoms. The van der Waals surface area contributed by atoms with Crippen LogP contribution in [0, 0.1) is 5.82 Å². The van der Waals surface area contributed by atoms with Gasteiger partial charge in [0.2, 0.25) is 0 Å². The van der Waals surface area contributed by atoms with Crippen molar-refractivity contribution in [1.29, 1.82) is 0 Å². The van der Waals surface area contributed by atoms with Crippen LogP contribution in [-0.2, 0) is 0 Å². The van der Waals surface area contributed by atoms with Gasteiger partial charge in [-0.15, -0.1) is 11.3 Å². The molecule has 0 unspecified atom stereocenters. The van der Waals surface area contributed by atoms with Gasteiger partial charge in [0.05, 0.1) is 15.6 Å². The molecule has 0 N–H and O–H groups in total. The second-order valence-electron chi connectivity index (χ2n) is 5.68. The van der Waals surface area contributed by atoms with E-state index in [0.717, 1.165) is 14.8 Å². The van der Waals surface area contributed by atoms with Crippen LogP contribution >= 0.6 is 11.3 Å². The number of hydrogen-bond donors (Lipinski definition) is 0. The van der Waals surface area contributed by atoms with Crippen molar-refractivity contribution < 1.29 is 4.39 Å². The Morgan fingerprint density at radius 3 is 2.76 bits per heavy atom. The molecule has 0 radical (unpaired) electrons. The standard InChI is InChI=1S/C19H10FN3OS/c20-11-6-7-15-13(10-11)17(24)16-12-4-1-2-5-14(12)22-19(18(16)25-15)23-9-3-8-21-23/h1-10H. The van der Waals surface area contributed by atoms with E-state index in [0.29, 0.717) is 22.1 Å². The first-order chi connectivity index (χ1) is 12.2. The van der Waals surface area contributed by atoms with Crippen LogP contribution in [0.15, 0.2) is 65.7 Å². The Labute approximate surface area is 144 Å². The van der Waals surface area contributed by atoms with E-state index in [1.807, 2.05) is 30.3 Å². The fourth-order valence-corrected chi connectivity index (χ4v) is 4.22. The highest BCUT2D eigenvalue weighted by Gasteiger charge is 2.16. The summed E-state index contributed by atoms with van der Waals surface area (Å²) in [6.07, 6.45) is 3.46. The van der Waals surface area contributed by atoms with Crippen molar-refractivity contribution in [2.75, 3.05) is 0 Å². The molecule has 0 aliphatic heterocycles. The fraction of sp³-hybridized carbons (Fsp3) is 0. The van der Waals surface area contributed by atoms with E-state index in [-0.39, 0.29) is 5.43 Å². The first kappa shape index (κ1) is 14.2. The summed E-state index contributed by atoms with van der Waals surface area (Å²) >= 11 is 1.42. The van der Waals surface area contributed by atoms with Gasteiger partial charge in [0, 0.05) is 27.9 Å². The minimum absolute atomic E-state index is 0.185. The predicted molar refractivity (Wildman–Crippen MR) is 98.0 cm³/mol. The number of rotatable bonds is 1. The molecule has 0 fully saturated rings. The SMILES string of the molecule is O=c1c2cc(F)ccc2sc2c(-n3cccn3)nc3ccccc3c12. The number of halogens is 1. The smallest absolute Gasteiger partial charge is 0.196 e. The number of pyridine rings is 1. The van der Waals surface area contributed by atoms with Crippen molar-refractivity contribution in [2.24, 2.45) is 0 Å². The third-order valence-corrected chi connectivity index (χ3v) is 5.34. The molecule has 0 aliphatic carbocycles. The Bertz CT molecular complexity index is 1330. The van der Waals surface area contributed by atoms with Gasteiger partial charge in [0.15, 0.2) is 11.2 Å². The summed E-state index contributed by atoms with van der Waals surface area (Å²) in [7, 11) is 0. The lowest BCUT2D eigenvalue weighted by Gasteiger charge is -2.10. The third kappa shape index (κ3) is 2.08. The van der Waals surface area contributed by atoms with E-state index in [2.05, 4.69) is 5.10 Å². The molecule has 3 heterocycles. The summed E-state index contributed by atoms with van der Waals surface area (Å²) < 4.78 is 16.8. The lowest BCUT2D eigenvalue weighted by Crippen LogP contribution is -2.07. The van der Waals surface area contributed by atoms with Crippen LogP contribution in [0.2, 0.25) is 0 Å². The van der Waals surface area contributed by atoms with Crippen molar-refractivity contribution in [3.8, 4) is 5.82 Å². The van der Waals surface area contributed by atoms with E-state index in [1.54, 1.807) is 23.1 Å². The summed E-state index contributed by atoms with van der Waals surface area (Å²) in [5.41, 5.74) is 0.524. The number of para-hydroxylation sites is 1. The molecule has 0 aliphatic rings. The minimum atomic E-state index is -0.415. The van der Waals surface area contributed by atoms with Crippen LogP contribution in [0.1, 0.15) is 0 Å². The summed E-state index contributed by atoms with van der Waals surface area (Å²) in [6.45, 7) is 0. The van der Waals surface area contributed by atoms with Gasteiger partial charge in [-0.25, -0.2) is 14.1 Å². The van der Waals surface area contributed by atoms with E-state index in [4.69, 9.17) is 4.98 Å². The van der Waals surface area contributed by atoms with Gasteiger partial charge in [-0.05, 0) is 30.3 Å². The Hall–Kier alpha value is -3.12. The molecule has 5 aromatic rings. The van der Waals surface area contributed by atoms with Crippen LogP contribution in [0.5, 0.6) is 0 Å².